The van der Waals surface area contributed by atoms with Crippen molar-refractivity contribution in [2.24, 2.45) is 7.05 Å². The Morgan fingerprint density at radius 3 is 2.82 bits per heavy atom. The molecule has 9 heteroatoms. The Morgan fingerprint density at radius 1 is 1.18 bits per heavy atom. The second kappa shape index (κ2) is 8.16. The zero-order valence-electron chi connectivity index (χ0n) is 17.8. The van der Waals surface area contributed by atoms with Crippen molar-refractivity contribution in [2.75, 3.05) is 6.54 Å². The molecule has 0 spiro atoms. The average Bonchev–Trinajstić information content (AvgIpc) is 3.39. The number of aryl methyl sites for hydroxylation is 1. The first-order chi connectivity index (χ1) is 15.9. The van der Waals surface area contributed by atoms with Crippen molar-refractivity contribution in [2.45, 2.75) is 19.0 Å². The third-order valence-electron chi connectivity index (χ3n) is 5.86. The van der Waals surface area contributed by atoms with E-state index in [9.17, 15) is 18.4 Å². The Bertz CT molecular complexity index is 1380. The van der Waals surface area contributed by atoms with Gasteiger partial charge in [0, 0.05) is 54.9 Å². The normalized spacial score (nSPS) is 15.5. The van der Waals surface area contributed by atoms with Crippen LogP contribution in [0.15, 0.2) is 54.7 Å². The Morgan fingerprint density at radius 2 is 2.00 bits per heavy atom. The number of rotatable bonds is 4. The molecule has 0 saturated carbocycles. The van der Waals surface area contributed by atoms with E-state index in [1.165, 1.54) is 18.2 Å². The summed E-state index contributed by atoms with van der Waals surface area (Å²) in [5.74, 6) is -2.12. The molecule has 2 amide bonds. The minimum Gasteiger partial charge on any atom is -0.351 e. The molecule has 168 valence electrons. The van der Waals surface area contributed by atoms with E-state index in [0.717, 1.165) is 5.56 Å². The van der Waals surface area contributed by atoms with Crippen LogP contribution in [0, 0.1) is 11.6 Å². The van der Waals surface area contributed by atoms with Crippen LogP contribution < -0.4 is 5.32 Å². The van der Waals surface area contributed by atoms with Gasteiger partial charge >= 0.3 is 0 Å². The molecule has 0 saturated heterocycles. The number of hydrogen-bond donors (Lipinski definition) is 2. The van der Waals surface area contributed by atoms with Crippen LogP contribution in [-0.2, 0) is 24.9 Å². The van der Waals surface area contributed by atoms with Crippen molar-refractivity contribution in [3.63, 3.8) is 0 Å². The fourth-order valence-corrected chi connectivity index (χ4v) is 4.25. The van der Waals surface area contributed by atoms with Gasteiger partial charge in [0.1, 0.15) is 17.3 Å². The number of H-pyrrole nitrogens is 1. The van der Waals surface area contributed by atoms with Gasteiger partial charge in [-0.3, -0.25) is 14.3 Å². The van der Waals surface area contributed by atoms with E-state index < -0.39 is 11.7 Å². The van der Waals surface area contributed by atoms with Gasteiger partial charge in [-0.1, -0.05) is 18.2 Å². The molecule has 5 rings (SSSR count). The quantitative estimate of drug-likeness (QED) is 0.502. The number of aromatic amines is 1. The molecule has 1 aliphatic heterocycles. The SMILES string of the molecule is Cn1cc2c(n1)[C@H](C(=O)NCc1ccccc1F)CN(C(=O)c1cc3cc(F)ccc3[nH]1)C2. The van der Waals surface area contributed by atoms with E-state index >= 15 is 0 Å². The smallest absolute Gasteiger partial charge is 0.270 e. The minimum atomic E-state index is -0.701. The number of amides is 2. The molecule has 33 heavy (non-hydrogen) atoms. The number of benzene rings is 2. The maximum absolute atomic E-state index is 13.9. The first kappa shape index (κ1) is 20.9. The predicted molar refractivity (Wildman–Crippen MR) is 117 cm³/mol. The summed E-state index contributed by atoms with van der Waals surface area (Å²) in [5.41, 5.74) is 2.71. The van der Waals surface area contributed by atoms with Crippen LogP contribution in [0.25, 0.3) is 10.9 Å². The van der Waals surface area contributed by atoms with Gasteiger partial charge in [0.25, 0.3) is 5.91 Å². The summed E-state index contributed by atoms with van der Waals surface area (Å²) in [6, 6.07) is 12.1. The van der Waals surface area contributed by atoms with Gasteiger partial charge in [0.05, 0.1) is 11.6 Å². The zero-order chi connectivity index (χ0) is 23.1. The molecular weight excluding hydrogens is 428 g/mol. The molecule has 0 radical (unpaired) electrons. The van der Waals surface area contributed by atoms with Gasteiger partial charge in [0.15, 0.2) is 0 Å². The highest BCUT2D eigenvalue weighted by Crippen LogP contribution is 2.29. The lowest BCUT2D eigenvalue weighted by atomic mass is 9.95. The second-order valence-electron chi connectivity index (χ2n) is 8.18. The molecule has 7 nitrogen and oxygen atoms in total. The van der Waals surface area contributed by atoms with Crippen LogP contribution in [0.4, 0.5) is 8.78 Å². The van der Waals surface area contributed by atoms with Gasteiger partial charge in [-0.05, 0) is 30.3 Å². The number of fused-ring (bicyclic) bond motifs is 2. The minimum absolute atomic E-state index is 0.0334. The fourth-order valence-electron chi connectivity index (χ4n) is 4.25. The lowest BCUT2D eigenvalue weighted by molar-refractivity contribution is -0.123. The second-order valence-corrected chi connectivity index (χ2v) is 8.18. The molecular formula is C24H21F2N5O2. The van der Waals surface area contributed by atoms with Crippen LogP contribution in [0.5, 0.6) is 0 Å². The number of nitrogens with zero attached hydrogens (tertiary/aromatic N) is 3. The van der Waals surface area contributed by atoms with Crippen LogP contribution >= 0.6 is 0 Å². The first-order valence-electron chi connectivity index (χ1n) is 10.5. The lowest BCUT2D eigenvalue weighted by Crippen LogP contribution is -2.43. The number of halogens is 2. The van der Waals surface area contributed by atoms with Crippen molar-refractivity contribution in [3.8, 4) is 0 Å². The standard InChI is InChI=1S/C24H21F2N5O2/c1-30-11-16-12-31(24(33)21-9-15-8-17(25)6-7-20(15)28-21)13-18(22(16)29-30)23(32)27-10-14-4-2-3-5-19(14)26/h2-9,11,18,28H,10,12-13H2,1H3,(H,27,32)/t18-/m1/s1. The zero-order valence-corrected chi connectivity index (χ0v) is 17.8. The molecule has 2 N–H and O–H groups in total. The number of carbonyl (C=O) groups is 2. The topological polar surface area (TPSA) is 83.0 Å². The van der Waals surface area contributed by atoms with Crippen molar-refractivity contribution in [1.29, 1.82) is 0 Å². The van der Waals surface area contributed by atoms with E-state index in [-0.39, 0.29) is 30.7 Å². The van der Waals surface area contributed by atoms with E-state index in [4.69, 9.17) is 0 Å². The van der Waals surface area contributed by atoms with Gasteiger partial charge < -0.3 is 15.2 Å². The first-order valence-corrected chi connectivity index (χ1v) is 10.5. The van der Waals surface area contributed by atoms with Crippen LogP contribution in [0.1, 0.15) is 33.2 Å². The van der Waals surface area contributed by atoms with E-state index in [1.807, 2.05) is 0 Å². The third kappa shape index (κ3) is 3.97. The van der Waals surface area contributed by atoms with Crippen LogP contribution in [0.2, 0.25) is 0 Å². The highest BCUT2D eigenvalue weighted by atomic mass is 19.1. The van der Waals surface area contributed by atoms with Gasteiger partial charge in [-0.25, -0.2) is 8.78 Å². The number of hydrogen-bond acceptors (Lipinski definition) is 3. The Labute approximate surface area is 188 Å². The monoisotopic (exact) mass is 449 g/mol. The molecule has 0 aliphatic carbocycles. The summed E-state index contributed by atoms with van der Waals surface area (Å²) in [6.07, 6.45) is 1.78. The Hall–Kier alpha value is -4.01. The average molecular weight is 449 g/mol. The van der Waals surface area contributed by atoms with Crippen LogP contribution in [0.3, 0.4) is 0 Å². The summed E-state index contributed by atoms with van der Waals surface area (Å²) >= 11 is 0. The Balaban J connectivity index is 1.39. The van der Waals surface area contributed by atoms with E-state index in [1.54, 1.807) is 53.2 Å². The maximum Gasteiger partial charge on any atom is 0.270 e. The molecule has 3 heterocycles. The van der Waals surface area contributed by atoms with Crippen molar-refractivity contribution >= 4 is 22.7 Å². The lowest BCUT2D eigenvalue weighted by Gasteiger charge is -2.31. The van der Waals surface area contributed by atoms with Crippen molar-refractivity contribution < 1.29 is 18.4 Å². The highest BCUT2D eigenvalue weighted by Gasteiger charge is 2.35. The molecule has 1 atom stereocenters. The third-order valence-corrected chi connectivity index (χ3v) is 5.86. The summed E-state index contributed by atoms with van der Waals surface area (Å²) in [7, 11) is 1.75. The summed E-state index contributed by atoms with van der Waals surface area (Å²) in [5, 5.41) is 7.80. The molecule has 0 bridgehead atoms. The predicted octanol–water partition coefficient (Wildman–Crippen LogP) is 3.24. The van der Waals surface area contributed by atoms with Gasteiger partial charge in [-0.2, -0.15) is 5.10 Å². The molecule has 2 aromatic heterocycles. The molecule has 0 fully saturated rings. The van der Waals surface area contributed by atoms with Gasteiger partial charge in [0.2, 0.25) is 5.91 Å². The number of aromatic nitrogens is 3. The summed E-state index contributed by atoms with van der Waals surface area (Å²) in [4.78, 5) is 30.9. The molecule has 0 unspecified atom stereocenters. The van der Waals surface area contributed by atoms with E-state index in [0.29, 0.717) is 34.4 Å². The molecule has 2 aromatic carbocycles. The van der Waals surface area contributed by atoms with Gasteiger partial charge in [-0.15, -0.1) is 0 Å². The fraction of sp³-hybridized carbons (Fsp3) is 0.208. The van der Waals surface area contributed by atoms with Crippen molar-refractivity contribution in [3.05, 3.63) is 88.9 Å². The highest BCUT2D eigenvalue weighted by molar-refractivity contribution is 5.98. The summed E-state index contributed by atoms with van der Waals surface area (Å²) < 4.78 is 29.1. The summed E-state index contributed by atoms with van der Waals surface area (Å²) in [6.45, 7) is 0.449. The number of nitrogens with one attached hydrogen (secondary N) is 2. The molecule has 1 aliphatic rings. The Kier molecular flexibility index (Phi) is 5.16. The number of carbonyl (C=O) groups excluding carboxylic acids is 2. The van der Waals surface area contributed by atoms with Crippen LogP contribution in [-0.4, -0.2) is 38.0 Å². The molecule has 4 aromatic rings. The van der Waals surface area contributed by atoms with E-state index in [2.05, 4.69) is 15.4 Å². The van der Waals surface area contributed by atoms with Crippen molar-refractivity contribution in [1.82, 2.24) is 25.0 Å². The maximum atomic E-state index is 13.9. The largest absolute Gasteiger partial charge is 0.351 e.